The number of oxazole rings is 1. The fourth-order valence-electron chi connectivity index (χ4n) is 7.74. The number of aliphatic hydroxyl groups is 1. The summed E-state index contributed by atoms with van der Waals surface area (Å²) in [6.07, 6.45) is -2.42. The largest absolute Gasteiger partial charge is 0.481 e. The SMILES string of the molecule is Cc1c(Nc2nc(C(F)(F)F)nc3cc(CN4CC[C@@H](O)C4)cnc23)cccc1-c1cccc(-c2nc3cc(CN4CCC(C(=O)O)C4)cc(C#N)c3o2)c1C. The highest BCUT2D eigenvalue weighted by Gasteiger charge is 2.36. The number of nitriles is 1. The molecule has 2 saturated heterocycles. The van der Waals surface area contributed by atoms with E-state index in [0.717, 1.165) is 27.8 Å². The molecule has 2 atom stereocenters. The number of aliphatic hydroxyl groups excluding tert-OH is 1. The maximum Gasteiger partial charge on any atom is 0.451 e. The van der Waals surface area contributed by atoms with Gasteiger partial charge in [0.05, 0.1) is 23.1 Å². The molecule has 0 bridgehead atoms. The van der Waals surface area contributed by atoms with Crippen molar-refractivity contribution >= 4 is 39.6 Å². The Kier molecular flexibility index (Phi) is 9.65. The van der Waals surface area contributed by atoms with Crippen LogP contribution in [0.4, 0.5) is 24.7 Å². The maximum atomic E-state index is 14.1. The fourth-order valence-corrected chi connectivity index (χ4v) is 7.74. The first-order valence-electron chi connectivity index (χ1n) is 18.2. The second-order valence-corrected chi connectivity index (χ2v) is 14.5. The second kappa shape index (κ2) is 14.6. The van der Waals surface area contributed by atoms with E-state index in [4.69, 9.17) is 9.40 Å². The number of β-amino-alcohol motifs (C(OH)–C–C–N with tert-alkyl or cyclic N) is 1. The summed E-state index contributed by atoms with van der Waals surface area (Å²) < 4.78 is 48.5. The molecule has 2 fully saturated rings. The van der Waals surface area contributed by atoms with Gasteiger partial charge < -0.3 is 19.9 Å². The topological polar surface area (TPSA) is 165 Å². The zero-order valence-corrected chi connectivity index (χ0v) is 30.6. The standard InChI is InChI=1S/C41H37F3N8O4/c1-22-29(5-3-7-31(22)38-48-34-14-24(13-27(16-45)36(34)56-38)18-51-11-9-26(20-51)39(54)55)30-6-4-8-32(23(30)2)47-37-35-33(49-40(50-37)41(42,43)44)15-25(17-46-35)19-52-12-10-28(53)21-52/h3-8,13-15,17,26,28,53H,9-12,18-21H2,1-2H3,(H,54,55)(H,47,49,50)/t26?,28-/m1/s1. The van der Waals surface area contributed by atoms with Crippen LogP contribution in [0.3, 0.4) is 0 Å². The Morgan fingerprint density at radius 3 is 2.34 bits per heavy atom. The van der Waals surface area contributed by atoms with Crippen LogP contribution in [0.5, 0.6) is 0 Å². The Labute approximate surface area is 319 Å². The average molecular weight is 763 g/mol. The first kappa shape index (κ1) is 37.0. The van der Waals surface area contributed by atoms with Crippen molar-refractivity contribution < 1.29 is 32.6 Å². The number of aromatic nitrogens is 4. The Balaban J connectivity index is 1.11. The predicted molar refractivity (Wildman–Crippen MR) is 202 cm³/mol. The van der Waals surface area contributed by atoms with E-state index < -0.39 is 30.0 Å². The maximum absolute atomic E-state index is 14.1. The number of carboxylic acid groups (broad SMARTS) is 1. The molecule has 0 spiro atoms. The summed E-state index contributed by atoms with van der Waals surface area (Å²) in [5.74, 6) is -2.26. The molecule has 15 heteroatoms. The van der Waals surface area contributed by atoms with Crippen molar-refractivity contribution in [2.24, 2.45) is 5.92 Å². The zero-order valence-electron chi connectivity index (χ0n) is 30.6. The normalized spacial score (nSPS) is 17.9. The molecular weight excluding hydrogens is 725 g/mol. The summed E-state index contributed by atoms with van der Waals surface area (Å²) in [5, 5.41) is 32.4. The third kappa shape index (κ3) is 7.26. The predicted octanol–water partition coefficient (Wildman–Crippen LogP) is 7.22. The van der Waals surface area contributed by atoms with Crippen molar-refractivity contribution in [2.45, 2.75) is 52.1 Å². The highest BCUT2D eigenvalue weighted by molar-refractivity contribution is 5.90. The number of nitrogens with one attached hydrogen (secondary N) is 1. The van der Waals surface area contributed by atoms with E-state index >= 15 is 0 Å². The lowest BCUT2D eigenvalue weighted by Gasteiger charge is -2.18. The number of anilines is 2. The number of rotatable bonds is 9. The number of hydrogen-bond donors (Lipinski definition) is 3. The molecule has 3 aromatic carbocycles. The number of nitrogens with zero attached hydrogens (tertiary/aromatic N) is 7. The molecule has 2 aliphatic rings. The number of hydrogen-bond acceptors (Lipinski definition) is 11. The van der Waals surface area contributed by atoms with Gasteiger partial charge in [0.1, 0.15) is 17.1 Å². The van der Waals surface area contributed by atoms with E-state index in [9.17, 15) is 33.4 Å². The molecule has 0 aliphatic carbocycles. The van der Waals surface area contributed by atoms with Crippen LogP contribution < -0.4 is 5.32 Å². The number of likely N-dealkylation sites (tertiary alicyclic amines) is 2. The van der Waals surface area contributed by atoms with Crippen LogP contribution in [0.25, 0.3) is 44.7 Å². The molecule has 1 unspecified atom stereocenters. The molecule has 0 amide bonds. The number of carbonyl (C=O) groups is 1. The fraction of sp³-hybridized carbons (Fsp3) is 0.317. The van der Waals surface area contributed by atoms with Crippen LogP contribution in [0.1, 0.15) is 46.5 Å². The van der Waals surface area contributed by atoms with Crippen LogP contribution >= 0.6 is 0 Å². The number of halogens is 3. The van der Waals surface area contributed by atoms with Crippen LogP contribution in [0.15, 0.2) is 65.2 Å². The highest BCUT2D eigenvalue weighted by atomic mass is 19.4. The molecule has 3 aromatic heterocycles. The van der Waals surface area contributed by atoms with Gasteiger partial charge in [-0.2, -0.15) is 18.4 Å². The molecule has 8 rings (SSSR count). The first-order chi connectivity index (χ1) is 26.8. The molecule has 0 radical (unpaired) electrons. The molecular formula is C41H37F3N8O4. The Morgan fingerprint density at radius 1 is 0.929 bits per heavy atom. The van der Waals surface area contributed by atoms with Crippen molar-refractivity contribution in [3.8, 4) is 28.7 Å². The third-order valence-corrected chi connectivity index (χ3v) is 10.6. The zero-order chi connectivity index (χ0) is 39.3. The van der Waals surface area contributed by atoms with Crippen molar-refractivity contribution in [1.29, 1.82) is 5.26 Å². The van der Waals surface area contributed by atoms with Gasteiger partial charge in [0.15, 0.2) is 11.4 Å². The number of pyridine rings is 1. The van der Waals surface area contributed by atoms with Crippen LogP contribution in [-0.4, -0.2) is 78.2 Å². The van der Waals surface area contributed by atoms with Crippen LogP contribution in [0, 0.1) is 31.1 Å². The average Bonchev–Trinajstić information content (AvgIpc) is 3.92. The van der Waals surface area contributed by atoms with Gasteiger partial charge in [0.2, 0.25) is 11.7 Å². The number of fused-ring (bicyclic) bond motifs is 2. The lowest BCUT2D eigenvalue weighted by molar-refractivity contribution is -0.144. The highest BCUT2D eigenvalue weighted by Crippen LogP contribution is 2.38. The summed E-state index contributed by atoms with van der Waals surface area (Å²) in [5.41, 5.74) is 7.42. The first-order valence-corrected chi connectivity index (χ1v) is 18.2. The Hall–Kier alpha value is -5.95. The van der Waals surface area contributed by atoms with Gasteiger partial charge in [0, 0.05) is 50.2 Å². The van der Waals surface area contributed by atoms with E-state index in [1.165, 1.54) is 0 Å². The third-order valence-electron chi connectivity index (χ3n) is 10.6. The van der Waals surface area contributed by atoms with Gasteiger partial charge in [-0.15, -0.1) is 0 Å². The van der Waals surface area contributed by atoms with Gasteiger partial charge >= 0.3 is 12.1 Å². The van der Waals surface area contributed by atoms with E-state index in [1.807, 2.05) is 49.1 Å². The van der Waals surface area contributed by atoms with E-state index in [0.29, 0.717) is 91.5 Å². The van der Waals surface area contributed by atoms with Crippen molar-refractivity contribution in [3.63, 3.8) is 0 Å². The minimum atomic E-state index is -4.80. The van der Waals surface area contributed by atoms with Gasteiger partial charge in [-0.25, -0.2) is 15.0 Å². The molecule has 0 saturated carbocycles. The van der Waals surface area contributed by atoms with Crippen molar-refractivity contribution in [1.82, 2.24) is 29.7 Å². The molecule has 2 aliphatic heterocycles. The Bertz CT molecular complexity index is 2550. The van der Waals surface area contributed by atoms with Crippen LogP contribution in [0.2, 0.25) is 0 Å². The lowest BCUT2D eigenvalue weighted by Crippen LogP contribution is -2.22. The van der Waals surface area contributed by atoms with Gasteiger partial charge in [-0.3, -0.25) is 19.6 Å². The quantitative estimate of drug-likeness (QED) is 0.136. The van der Waals surface area contributed by atoms with Gasteiger partial charge in [-0.05, 0) is 96.9 Å². The minimum Gasteiger partial charge on any atom is -0.481 e. The number of benzene rings is 3. The smallest absolute Gasteiger partial charge is 0.451 e. The summed E-state index contributed by atoms with van der Waals surface area (Å²) in [6, 6.07) is 18.6. The van der Waals surface area contributed by atoms with Crippen molar-refractivity contribution in [2.75, 3.05) is 31.5 Å². The molecule has 12 nitrogen and oxygen atoms in total. The van der Waals surface area contributed by atoms with E-state index in [1.54, 1.807) is 30.5 Å². The second-order valence-electron chi connectivity index (χ2n) is 14.5. The lowest BCUT2D eigenvalue weighted by atomic mass is 9.93. The molecule has 3 N–H and O–H groups in total. The number of aliphatic carboxylic acids is 1. The summed E-state index contributed by atoms with van der Waals surface area (Å²) in [7, 11) is 0. The molecule has 6 aromatic rings. The molecule has 286 valence electrons. The van der Waals surface area contributed by atoms with E-state index in [-0.39, 0.29) is 16.9 Å². The van der Waals surface area contributed by atoms with Gasteiger partial charge in [0.25, 0.3) is 0 Å². The monoisotopic (exact) mass is 762 g/mol. The summed E-state index contributed by atoms with van der Waals surface area (Å²) in [6.45, 7) is 6.96. The minimum absolute atomic E-state index is 0.0531. The number of carboxylic acids is 1. The van der Waals surface area contributed by atoms with Crippen LogP contribution in [-0.2, 0) is 24.1 Å². The molecule has 5 heterocycles. The molecule has 56 heavy (non-hydrogen) atoms. The summed E-state index contributed by atoms with van der Waals surface area (Å²) in [4.78, 5) is 32.5. The summed E-state index contributed by atoms with van der Waals surface area (Å²) >= 11 is 0. The Morgan fingerprint density at radius 2 is 1.62 bits per heavy atom. The van der Waals surface area contributed by atoms with Crippen molar-refractivity contribution in [3.05, 3.63) is 94.4 Å². The number of alkyl halides is 3. The van der Waals surface area contributed by atoms with E-state index in [2.05, 4.69) is 31.2 Å². The van der Waals surface area contributed by atoms with Gasteiger partial charge in [-0.1, -0.05) is 24.3 Å².